The Labute approximate surface area is 145 Å². The van der Waals surface area contributed by atoms with Crippen molar-refractivity contribution in [3.63, 3.8) is 0 Å². The first-order valence-corrected chi connectivity index (χ1v) is 33.4. The number of rotatable bonds is 6. The van der Waals surface area contributed by atoms with E-state index in [4.69, 9.17) is 0 Å². The van der Waals surface area contributed by atoms with Gasteiger partial charge in [0.1, 0.15) is 0 Å². The van der Waals surface area contributed by atoms with E-state index in [0.29, 0.717) is 0 Å². The average Bonchev–Trinajstić information content (AvgIpc) is 1.84. The molecule has 0 aromatic carbocycles. The molecule has 0 aromatic rings. The zero-order chi connectivity index (χ0) is 17.7. The molecular formula is C14H42N2PbSi4. The van der Waals surface area contributed by atoms with Crippen molar-refractivity contribution in [3.8, 4) is 0 Å². The van der Waals surface area contributed by atoms with Crippen LogP contribution < -0.4 is 0 Å². The van der Waals surface area contributed by atoms with Gasteiger partial charge in [0.2, 0.25) is 0 Å². The van der Waals surface area contributed by atoms with Crippen LogP contribution >= 0.6 is 0 Å². The van der Waals surface area contributed by atoms with Gasteiger partial charge in [-0.25, -0.2) is 0 Å². The third-order valence-electron chi connectivity index (χ3n) is 3.78. The summed E-state index contributed by atoms with van der Waals surface area (Å²) >= 11 is -2.66. The molecule has 0 atom stereocenters. The van der Waals surface area contributed by atoms with Gasteiger partial charge in [0, 0.05) is 0 Å². The first-order valence-electron chi connectivity index (χ1n) is 8.34. The molecule has 7 heteroatoms. The van der Waals surface area contributed by atoms with Crippen LogP contribution in [0.15, 0.2) is 0 Å². The van der Waals surface area contributed by atoms with E-state index in [1.165, 1.54) is 0 Å². The summed E-state index contributed by atoms with van der Waals surface area (Å²) in [5.74, 6) is 0. The van der Waals surface area contributed by atoms with E-state index in [-0.39, 0.29) is 0 Å². The predicted molar refractivity (Wildman–Crippen MR) is 115 cm³/mol. The molecule has 0 amide bonds. The molecule has 0 aliphatic rings. The topological polar surface area (TPSA) is 6.48 Å². The first kappa shape index (κ1) is 22.7. The monoisotopic (exact) mass is 558 g/mol. The van der Waals surface area contributed by atoms with Gasteiger partial charge in [0.05, 0.1) is 0 Å². The zero-order valence-electron chi connectivity index (χ0n) is 17.4. The molecule has 0 saturated heterocycles. The van der Waals surface area contributed by atoms with Crippen molar-refractivity contribution in [2.24, 2.45) is 0 Å². The van der Waals surface area contributed by atoms with Crippen molar-refractivity contribution in [1.82, 2.24) is 4.08 Å². The maximum absolute atomic E-state index is 3.23. The van der Waals surface area contributed by atoms with E-state index in [1.54, 1.807) is 0 Å². The van der Waals surface area contributed by atoms with Gasteiger partial charge in [-0.3, -0.25) is 0 Å². The van der Waals surface area contributed by atoms with Crippen LogP contribution in [-0.2, 0) is 0 Å². The molecule has 0 bridgehead atoms. The number of hydrogen-bond acceptors (Lipinski definition) is 2. The van der Waals surface area contributed by atoms with E-state index in [2.05, 4.69) is 91.6 Å². The fourth-order valence-electron chi connectivity index (χ4n) is 5.40. The van der Waals surface area contributed by atoms with Crippen molar-refractivity contribution in [2.45, 2.75) is 87.5 Å². The number of hydrogen-bond donors (Lipinski definition) is 0. The maximum atomic E-state index is 3.23. The van der Waals surface area contributed by atoms with E-state index in [0.717, 1.165) is 0 Å². The molecule has 128 valence electrons. The molecular weight excluding hydrogens is 516 g/mol. The van der Waals surface area contributed by atoms with Crippen LogP contribution in [0.25, 0.3) is 0 Å². The summed E-state index contributed by atoms with van der Waals surface area (Å²) in [5.41, 5.74) is 0. The van der Waals surface area contributed by atoms with Gasteiger partial charge in [0.15, 0.2) is 0 Å². The fraction of sp³-hybridized carbons (Fsp3) is 1.00. The summed E-state index contributed by atoms with van der Waals surface area (Å²) in [5, 5.41) is 0. The molecule has 0 unspecified atom stereocenters. The fourth-order valence-corrected chi connectivity index (χ4v) is 112. The first-order chi connectivity index (χ1) is 8.73. The average molecular weight is 558 g/mol. The Hall–Kier alpha value is 1.71. The van der Waals surface area contributed by atoms with E-state index < -0.39 is 54.7 Å². The van der Waals surface area contributed by atoms with Crippen LogP contribution in [0.3, 0.4) is 0 Å². The molecule has 0 spiro atoms. The summed E-state index contributed by atoms with van der Waals surface area (Å²) in [6.45, 7) is 31.0. The molecule has 0 fully saturated rings. The van der Waals surface area contributed by atoms with Crippen molar-refractivity contribution >= 4 is 54.7 Å². The SMILES string of the molecule is C[Si](C)(C)[N]([Si](C)(C)C)[Pb]([CH3])([CH3])[N]([Si](C)(C)C)[Si](C)(C)C. The second-order valence-electron chi connectivity index (χ2n) is 10.8. The quantitative estimate of drug-likeness (QED) is 0.391. The van der Waals surface area contributed by atoms with Gasteiger partial charge in [-0.2, -0.15) is 0 Å². The van der Waals surface area contributed by atoms with Crippen LogP contribution in [0.1, 0.15) is 0 Å². The van der Waals surface area contributed by atoms with Gasteiger partial charge < -0.3 is 0 Å². The minimum absolute atomic E-state index is 1.28. The molecule has 0 radical (unpaired) electrons. The Balaban J connectivity index is 6.21. The second kappa shape index (κ2) is 6.55. The molecule has 0 aliphatic heterocycles. The van der Waals surface area contributed by atoms with Crippen LogP contribution in [0.5, 0.6) is 0 Å². The van der Waals surface area contributed by atoms with Crippen LogP contribution in [0.4, 0.5) is 0 Å². The molecule has 0 aromatic heterocycles. The third kappa shape index (κ3) is 5.93. The van der Waals surface area contributed by atoms with Gasteiger partial charge in [-0.15, -0.1) is 0 Å². The van der Waals surface area contributed by atoms with E-state index in [9.17, 15) is 0 Å². The van der Waals surface area contributed by atoms with E-state index in [1.807, 2.05) is 0 Å². The van der Waals surface area contributed by atoms with Crippen molar-refractivity contribution < 1.29 is 0 Å². The normalized spacial score (nSPS) is 16.0. The molecule has 0 rings (SSSR count). The Morgan fingerprint density at radius 2 is 0.571 bits per heavy atom. The van der Waals surface area contributed by atoms with E-state index >= 15 is 0 Å². The van der Waals surface area contributed by atoms with Gasteiger partial charge in [0.25, 0.3) is 0 Å². The third-order valence-corrected chi connectivity index (χ3v) is 76.2. The Bertz CT molecular complexity index is 297. The van der Waals surface area contributed by atoms with Crippen LogP contribution in [0.2, 0.25) is 87.5 Å². The van der Waals surface area contributed by atoms with Crippen molar-refractivity contribution in [1.29, 1.82) is 0 Å². The standard InChI is InChI=1S/2C6H18NSi2.2CH3.Pb/c2*1-8(2,3)7-9(4,5)6;;;/h2*1-6H3;2*1H3;/q2*-1;;;+2. The minimum atomic E-state index is -2.66. The summed E-state index contributed by atoms with van der Waals surface area (Å²) in [6.07, 6.45) is 0. The molecule has 2 nitrogen and oxygen atoms in total. The molecule has 0 saturated carbocycles. The van der Waals surface area contributed by atoms with Gasteiger partial charge in [-0.05, 0) is 0 Å². The molecule has 0 aliphatic carbocycles. The predicted octanol–water partition coefficient (Wildman–Crippen LogP) is 5.63. The molecule has 0 N–H and O–H groups in total. The van der Waals surface area contributed by atoms with Crippen LogP contribution in [-0.4, -0.2) is 58.8 Å². The zero-order valence-corrected chi connectivity index (χ0v) is 25.3. The van der Waals surface area contributed by atoms with Crippen LogP contribution in [0, 0.1) is 0 Å². The summed E-state index contributed by atoms with van der Waals surface area (Å²) < 4.78 is 11.9. The summed E-state index contributed by atoms with van der Waals surface area (Å²) in [6, 6.07) is 0. The Kier molecular flexibility index (Phi) is 7.08. The summed E-state index contributed by atoms with van der Waals surface area (Å²) in [4.78, 5) is 0. The Morgan fingerprint density at radius 3 is 0.667 bits per heavy atom. The molecule has 0 heterocycles. The number of nitrogens with zero attached hydrogens (tertiary/aromatic N) is 2. The Morgan fingerprint density at radius 1 is 0.429 bits per heavy atom. The van der Waals surface area contributed by atoms with Gasteiger partial charge in [-0.1, -0.05) is 0 Å². The van der Waals surface area contributed by atoms with Crippen molar-refractivity contribution in [3.05, 3.63) is 0 Å². The molecule has 21 heavy (non-hydrogen) atoms. The second-order valence-corrected chi connectivity index (χ2v) is 52.9. The van der Waals surface area contributed by atoms with Crippen molar-refractivity contribution in [2.75, 3.05) is 0 Å². The summed E-state index contributed by atoms with van der Waals surface area (Å²) in [7, 11) is -5.13. The van der Waals surface area contributed by atoms with Gasteiger partial charge >= 0.3 is 146 Å².